The van der Waals surface area contributed by atoms with Gasteiger partial charge in [0.25, 0.3) is 0 Å². The number of nitrogens with zero attached hydrogens (tertiary/aromatic N) is 3. The molecule has 1 aromatic rings. The molecule has 112 valence electrons. The maximum Gasteiger partial charge on any atom is 0.309 e. The third-order valence-electron chi connectivity index (χ3n) is 4.28. The summed E-state index contributed by atoms with van der Waals surface area (Å²) >= 11 is 0. The number of carboxylic acids is 1. The molecule has 1 aromatic heterocycles. The van der Waals surface area contributed by atoms with Gasteiger partial charge in [-0.05, 0) is 38.8 Å². The van der Waals surface area contributed by atoms with Crippen LogP contribution in [0.5, 0.6) is 0 Å². The smallest absolute Gasteiger partial charge is 0.309 e. The Labute approximate surface area is 119 Å². The van der Waals surface area contributed by atoms with Crippen molar-refractivity contribution in [2.24, 2.45) is 5.41 Å². The molecule has 0 bridgehead atoms. The Morgan fingerprint density at radius 3 is 2.65 bits per heavy atom. The molecule has 0 unspecified atom stereocenters. The van der Waals surface area contributed by atoms with Gasteiger partial charge < -0.3 is 9.63 Å². The minimum Gasteiger partial charge on any atom is -0.481 e. The van der Waals surface area contributed by atoms with Crippen molar-refractivity contribution in [3.63, 3.8) is 0 Å². The van der Waals surface area contributed by atoms with Crippen molar-refractivity contribution in [1.82, 2.24) is 15.0 Å². The molecule has 2 heterocycles. The van der Waals surface area contributed by atoms with Gasteiger partial charge in [0.15, 0.2) is 5.82 Å². The number of rotatable bonds is 6. The Bertz CT molecular complexity index is 450. The first kappa shape index (κ1) is 15.0. The first-order chi connectivity index (χ1) is 9.59. The Morgan fingerprint density at radius 2 is 2.10 bits per heavy atom. The van der Waals surface area contributed by atoms with E-state index in [0.29, 0.717) is 37.5 Å². The van der Waals surface area contributed by atoms with Crippen molar-refractivity contribution < 1.29 is 14.4 Å². The summed E-state index contributed by atoms with van der Waals surface area (Å²) in [7, 11) is 0. The highest BCUT2D eigenvalue weighted by molar-refractivity contribution is 5.74. The number of aliphatic carboxylic acids is 1. The number of piperidine rings is 1. The normalized spacial score (nSPS) is 19.1. The highest BCUT2D eigenvalue weighted by atomic mass is 16.5. The van der Waals surface area contributed by atoms with Crippen LogP contribution in [-0.2, 0) is 17.8 Å². The fourth-order valence-corrected chi connectivity index (χ4v) is 2.73. The molecule has 2 rings (SSSR count). The van der Waals surface area contributed by atoms with Gasteiger partial charge in [-0.25, -0.2) is 0 Å². The summed E-state index contributed by atoms with van der Waals surface area (Å²) < 4.78 is 5.17. The number of aryl methyl sites for hydroxylation is 1. The van der Waals surface area contributed by atoms with Crippen LogP contribution in [0.25, 0.3) is 0 Å². The quantitative estimate of drug-likeness (QED) is 0.860. The molecule has 0 atom stereocenters. The van der Waals surface area contributed by atoms with E-state index in [-0.39, 0.29) is 0 Å². The first-order valence-electron chi connectivity index (χ1n) is 7.37. The Kier molecular flexibility index (Phi) is 4.75. The number of hydrogen-bond acceptors (Lipinski definition) is 5. The molecular weight excluding hydrogens is 258 g/mol. The second-order valence-electron chi connectivity index (χ2n) is 5.57. The monoisotopic (exact) mass is 281 g/mol. The van der Waals surface area contributed by atoms with Crippen molar-refractivity contribution in [2.45, 2.75) is 52.5 Å². The molecule has 1 saturated heterocycles. The van der Waals surface area contributed by atoms with Crippen LogP contribution < -0.4 is 0 Å². The predicted molar refractivity (Wildman–Crippen MR) is 73.2 cm³/mol. The lowest BCUT2D eigenvalue weighted by molar-refractivity contribution is -0.152. The molecule has 0 spiro atoms. The summed E-state index contributed by atoms with van der Waals surface area (Å²) in [5, 5.41) is 13.3. The Morgan fingerprint density at radius 1 is 1.40 bits per heavy atom. The van der Waals surface area contributed by atoms with Crippen molar-refractivity contribution in [3.8, 4) is 0 Å². The van der Waals surface area contributed by atoms with E-state index in [1.165, 1.54) is 0 Å². The average Bonchev–Trinajstić information content (AvgIpc) is 2.87. The third-order valence-corrected chi connectivity index (χ3v) is 4.28. The SMILES string of the molecule is CCCc1nc(CN2CCC(CC)(C(=O)O)CC2)no1. The number of aromatic nitrogens is 2. The highest BCUT2D eigenvalue weighted by Gasteiger charge is 2.39. The Hall–Kier alpha value is -1.43. The molecule has 1 fully saturated rings. The molecule has 6 heteroatoms. The lowest BCUT2D eigenvalue weighted by atomic mass is 9.76. The van der Waals surface area contributed by atoms with Crippen LogP contribution in [0.3, 0.4) is 0 Å². The second kappa shape index (κ2) is 6.35. The third kappa shape index (κ3) is 3.17. The van der Waals surface area contributed by atoms with Crippen molar-refractivity contribution >= 4 is 5.97 Å². The van der Waals surface area contributed by atoms with Crippen LogP contribution in [0.1, 0.15) is 51.2 Å². The molecular formula is C14H23N3O3. The molecule has 0 aliphatic carbocycles. The largest absolute Gasteiger partial charge is 0.481 e. The zero-order chi connectivity index (χ0) is 14.6. The molecule has 0 aromatic carbocycles. The van der Waals surface area contributed by atoms with Gasteiger partial charge in [-0.2, -0.15) is 4.98 Å². The van der Waals surface area contributed by atoms with Gasteiger partial charge in [0.1, 0.15) is 0 Å². The van der Waals surface area contributed by atoms with Gasteiger partial charge in [-0.15, -0.1) is 0 Å². The topological polar surface area (TPSA) is 79.5 Å². The fourth-order valence-electron chi connectivity index (χ4n) is 2.73. The molecule has 1 N–H and O–H groups in total. The maximum atomic E-state index is 11.4. The van der Waals surface area contributed by atoms with E-state index in [0.717, 1.165) is 25.9 Å². The van der Waals surface area contributed by atoms with Crippen LogP contribution in [-0.4, -0.2) is 39.2 Å². The zero-order valence-electron chi connectivity index (χ0n) is 12.3. The van der Waals surface area contributed by atoms with E-state index in [2.05, 4.69) is 22.0 Å². The predicted octanol–water partition coefficient (Wildman–Crippen LogP) is 2.10. The van der Waals surface area contributed by atoms with Crippen molar-refractivity contribution in [3.05, 3.63) is 11.7 Å². The van der Waals surface area contributed by atoms with E-state index in [1.54, 1.807) is 0 Å². The van der Waals surface area contributed by atoms with Gasteiger partial charge in [0, 0.05) is 6.42 Å². The Balaban J connectivity index is 1.89. The van der Waals surface area contributed by atoms with Gasteiger partial charge in [-0.1, -0.05) is 19.0 Å². The van der Waals surface area contributed by atoms with E-state index < -0.39 is 11.4 Å². The van der Waals surface area contributed by atoms with E-state index >= 15 is 0 Å². The number of hydrogen-bond donors (Lipinski definition) is 1. The standard InChI is InChI=1S/C14H23N3O3/c1-3-5-12-15-11(16-20-12)10-17-8-6-14(4-2,7-9-17)13(18)19/h3-10H2,1-2H3,(H,18,19). The number of likely N-dealkylation sites (tertiary alicyclic amines) is 1. The molecule has 0 radical (unpaired) electrons. The number of carbonyl (C=O) groups is 1. The van der Waals surface area contributed by atoms with Crippen LogP contribution in [0, 0.1) is 5.41 Å². The van der Waals surface area contributed by atoms with E-state index in [4.69, 9.17) is 4.52 Å². The average molecular weight is 281 g/mol. The van der Waals surface area contributed by atoms with Crippen LogP contribution >= 0.6 is 0 Å². The van der Waals surface area contributed by atoms with E-state index in [1.807, 2.05) is 6.92 Å². The summed E-state index contributed by atoms with van der Waals surface area (Å²) in [5.74, 6) is 0.727. The molecule has 1 aliphatic heterocycles. The fraction of sp³-hybridized carbons (Fsp3) is 0.786. The van der Waals surface area contributed by atoms with Gasteiger partial charge in [-0.3, -0.25) is 9.69 Å². The van der Waals surface area contributed by atoms with Gasteiger partial charge in [0.2, 0.25) is 5.89 Å². The number of carboxylic acid groups (broad SMARTS) is 1. The summed E-state index contributed by atoms with van der Waals surface area (Å²) in [6.45, 7) is 6.23. The van der Waals surface area contributed by atoms with Gasteiger partial charge in [0.05, 0.1) is 12.0 Å². The highest BCUT2D eigenvalue weighted by Crippen LogP contribution is 2.35. The lowest BCUT2D eigenvalue weighted by Gasteiger charge is -2.37. The molecule has 1 aliphatic rings. The summed E-state index contributed by atoms with van der Waals surface area (Å²) in [5.41, 5.74) is -0.541. The van der Waals surface area contributed by atoms with Crippen LogP contribution in [0.2, 0.25) is 0 Å². The molecule has 0 amide bonds. The first-order valence-corrected chi connectivity index (χ1v) is 7.37. The van der Waals surface area contributed by atoms with Crippen LogP contribution in [0.15, 0.2) is 4.52 Å². The molecule has 6 nitrogen and oxygen atoms in total. The zero-order valence-corrected chi connectivity index (χ0v) is 12.3. The molecule has 0 saturated carbocycles. The lowest BCUT2D eigenvalue weighted by Crippen LogP contribution is -2.43. The summed E-state index contributed by atoms with van der Waals surface area (Å²) in [6.07, 6.45) is 3.88. The maximum absolute atomic E-state index is 11.4. The summed E-state index contributed by atoms with van der Waals surface area (Å²) in [4.78, 5) is 17.9. The minimum atomic E-state index is -0.663. The molecule has 20 heavy (non-hydrogen) atoms. The van der Waals surface area contributed by atoms with Crippen LogP contribution in [0.4, 0.5) is 0 Å². The van der Waals surface area contributed by atoms with E-state index in [9.17, 15) is 9.90 Å². The minimum absolute atomic E-state index is 0.541. The van der Waals surface area contributed by atoms with Crippen molar-refractivity contribution in [2.75, 3.05) is 13.1 Å². The van der Waals surface area contributed by atoms with Gasteiger partial charge >= 0.3 is 5.97 Å². The second-order valence-corrected chi connectivity index (χ2v) is 5.57. The summed E-state index contributed by atoms with van der Waals surface area (Å²) in [6, 6.07) is 0. The van der Waals surface area contributed by atoms with Crippen molar-refractivity contribution in [1.29, 1.82) is 0 Å².